The average molecular weight is 469 g/mol. The van der Waals surface area contributed by atoms with Gasteiger partial charge in [0.05, 0.1) is 46.9 Å². The molecule has 8 nitrogen and oxygen atoms in total. The van der Waals surface area contributed by atoms with E-state index in [1.807, 2.05) is 14.1 Å². The van der Waals surface area contributed by atoms with Crippen LogP contribution < -0.4 is 19.5 Å². The van der Waals surface area contributed by atoms with Gasteiger partial charge in [0.2, 0.25) is 5.78 Å². The van der Waals surface area contributed by atoms with Crippen molar-refractivity contribution < 1.29 is 34.2 Å². The standard InChI is InChI=1S/C26H32N2O6/c1-5-6-15-34-19-10-7-17(8-11-19)24(30)22-23(18-9-12-20(29)21(16-18)33-4)28(14-13-27(2)3)26(32)25(22)31/h7-12,16,23,29-30H,5-6,13-15H2,1-4H3. The molecule has 1 amide bonds. The number of Topliss-reactive ketones (excluding diaryl/α,β-unsaturated/α-hetero) is 1. The fourth-order valence-electron chi connectivity index (χ4n) is 3.85. The Kier molecular flexibility index (Phi) is 8.17. The van der Waals surface area contributed by atoms with Gasteiger partial charge in [-0.3, -0.25) is 9.59 Å². The summed E-state index contributed by atoms with van der Waals surface area (Å²) in [5.41, 5.74) is 0.714. The van der Waals surface area contributed by atoms with Crippen molar-refractivity contribution in [3.63, 3.8) is 0 Å². The first-order valence-electron chi connectivity index (χ1n) is 11.4. The highest BCUT2D eigenvalue weighted by Gasteiger charge is 2.44. The summed E-state index contributed by atoms with van der Waals surface area (Å²) in [5, 5.41) is 23.5. The quantitative estimate of drug-likeness (QED) is 0.233. The van der Waals surface area contributed by atoms with Gasteiger partial charge in [0.25, 0.3) is 5.91 Å². The minimum Gasteiger partial charge on any atom is -0.872 e. The molecule has 8 heteroatoms. The minimum atomic E-state index is -0.873. The Morgan fingerprint density at radius 2 is 1.85 bits per heavy atom. The Bertz CT molecular complexity index is 1060. The number of rotatable bonds is 10. The van der Waals surface area contributed by atoms with Crippen molar-refractivity contribution >= 4 is 17.4 Å². The summed E-state index contributed by atoms with van der Waals surface area (Å²) in [6, 6.07) is 10.3. The summed E-state index contributed by atoms with van der Waals surface area (Å²) in [6.45, 7) is 3.55. The van der Waals surface area contributed by atoms with E-state index >= 15 is 0 Å². The van der Waals surface area contributed by atoms with Crippen LogP contribution in [0.1, 0.15) is 36.9 Å². The molecule has 1 fully saturated rings. The van der Waals surface area contributed by atoms with Crippen LogP contribution >= 0.6 is 0 Å². The molecule has 2 aromatic rings. The Labute approximate surface area is 200 Å². The number of likely N-dealkylation sites (tertiary alicyclic amines) is 1. The molecule has 1 atom stereocenters. The van der Waals surface area contributed by atoms with Crippen LogP contribution in [0.5, 0.6) is 17.2 Å². The molecule has 2 N–H and O–H groups in total. The number of carbonyl (C=O) groups excluding carboxylic acids is 2. The summed E-state index contributed by atoms with van der Waals surface area (Å²) in [5.74, 6) is -1.25. The van der Waals surface area contributed by atoms with Gasteiger partial charge in [0.15, 0.2) is 11.5 Å². The molecular formula is C26H32N2O6. The maximum Gasteiger partial charge on any atom is 0.295 e. The monoisotopic (exact) mass is 468 g/mol. The second kappa shape index (κ2) is 11.1. The van der Waals surface area contributed by atoms with Crippen molar-refractivity contribution in [3.8, 4) is 17.2 Å². The summed E-state index contributed by atoms with van der Waals surface area (Å²) in [7, 11) is 5.30. The molecule has 182 valence electrons. The fourth-order valence-corrected chi connectivity index (χ4v) is 3.85. The number of nitrogens with zero attached hydrogens (tertiary/aromatic N) is 1. The lowest BCUT2D eigenvalue weighted by atomic mass is 9.95. The number of quaternary nitrogens is 1. The number of benzene rings is 2. The van der Waals surface area contributed by atoms with Gasteiger partial charge in [-0.05, 0) is 41.8 Å². The third kappa shape index (κ3) is 5.34. The number of methoxy groups -OCH3 is 1. The van der Waals surface area contributed by atoms with Gasteiger partial charge in [-0.15, -0.1) is 0 Å². The first-order chi connectivity index (χ1) is 16.3. The number of ketones is 1. The minimum absolute atomic E-state index is 0.0716. The Morgan fingerprint density at radius 1 is 1.15 bits per heavy atom. The predicted octanol–water partition coefficient (Wildman–Crippen LogP) is 0.948. The number of unbranched alkanes of at least 4 members (excludes halogenated alkanes) is 1. The number of hydrogen-bond donors (Lipinski definition) is 2. The molecule has 0 aliphatic carbocycles. The molecule has 0 radical (unpaired) electrons. The number of carbonyl (C=O) groups is 2. The van der Waals surface area contributed by atoms with Gasteiger partial charge in [-0.1, -0.05) is 37.3 Å². The maximum atomic E-state index is 13.5. The topological polar surface area (TPSA) is 104 Å². The second-order valence-electron chi connectivity index (χ2n) is 8.59. The molecule has 0 saturated carbocycles. The van der Waals surface area contributed by atoms with Crippen molar-refractivity contribution in [2.24, 2.45) is 0 Å². The van der Waals surface area contributed by atoms with Gasteiger partial charge in [-0.2, -0.15) is 0 Å². The molecular weight excluding hydrogens is 436 g/mol. The summed E-state index contributed by atoms with van der Waals surface area (Å²) < 4.78 is 10.9. The van der Waals surface area contributed by atoms with Crippen molar-refractivity contribution in [3.05, 3.63) is 59.2 Å². The van der Waals surface area contributed by atoms with E-state index in [4.69, 9.17) is 9.47 Å². The third-order valence-electron chi connectivity index (χ3n) is 5.78. The first kappa shape index (κ1) is 25.1. The van der Waals surface area contributed by atoms with E-state index in [2.05, 4.69) is 6.92 Å². The third-order valence-corrected chi connectivity index (χ3v) is 5.78. The first-order valence-corrected chi connectivity index (χ1v) is 11.4. The van der Waals surface area contributed by atoms with Crippen LogP contribution in [0.25, 0.3) is 5.76 Å². The SMILES string of the molecule is CCCCOc1ccc(C([O-])=C2C(=O)C(=O)N(CC[NH+](C)C)C2c2ccc(O)c(OC)c2)cc1. The zero-order valence-corrected chi connectivity index (χ0v) is 20.1. The summed E-state index contributed by atoms with van der Waals surface area (Å²) in [4.78, 5) is 28.5. The van der Waals surface area contributed by atoms with Crippen molar-refractivity contribution in [1.29, 1.82) is 0 Å². The van der Waals surface area contributed by atoms with Crippen LogP contribution in [0.15, 0.2) is 48.0 Å². The zero-order valence-electron chi connectivity index (χ0n) is 20.1. The highest BCUT2D eigenvalue weighted by atomic mass is 16.5. The molecule has 1 heterocycles. The highest BCUT2D eigenvalue weighted by molar-refractivity contribution is 6.46. The molecule has 3 rings (SSSR count). The van der Waals surface area contributed by atoms with Crippen molar-refractivity contribution in [1.82, 2.24) is 4.90 Å². The number of amides is 1. The number of phenolic OH excluding ortho intramolecular Hbond substituents is 1. The van der Waals surface area contributed by atoms with Gasteiger partial charge in [0, 0.05) is 5.57 Å². The van der Waals surface area contributed by atoms with Gasteiger partial charge >= 0.3 is 0 Å². The lowest BCUT2D eigenvalue weighted by Gasteiger charge is -2.28. The van der Waals surface area contributed by atoms with Crippen molar-refractivity contribution in [2.75, 3.05) is 40.9 Å². The fraction of sp³-hybridized carbons (Fsp3) is 0.385. The lowest BCUT2D eigenvalue weighted by molar-refractivity contribution is -0.857. The lowest BCUT2D eigenvalue weighted by Crippen LogP contribution is -3.06. The van der Waals surface area contributed by atoms with Crippen molar-refractivity contribution in [2.45, 2.75) is 25.8 Å². The number of hydrogen-bond acceptors (Lipinski definition) is 6. The van der Waals surface area contributed by atoms with Crippen LogP contribution in [0.3, 0.4) is 0 Å². The van der Waals surface area contributed by atoms with E-state index in [1.54, 1.807) is 36.4 Å². The molecule has 2 aromatic carbocycles. The van der Waals surface area contributed by atoms with E-state index in [0.717, 1.165) is 17.7 Å². The zero-order chi connectivity index (χ0) is 24.8. The molecule has 0 bridgehead atoms. The molecule has 1 aliphatic rings. The Balaban J connectivity index is 2.05. The van der Waals surface area contributed by atoms with E-state index < -0.39 is 23.5 Å². The number of aromatic hydroxyl groups is 1. The largest absolute Gasteiger partial charge is 0.872 e. The molecule has 1 saturated heterocycles. The van der Waals surface area contributed by atoms with E-state index in [1.165, 1.54) is 18.1 Å². The maximum absolute atomic E-state index is 13.5. The molecule has 0 spiro atoms. The second-order valence-corrected chi connectivity index (χ2v) is 8.59. The number of ether oxygens (including phenoxy) is 2. The highest BCUT2D eigenvalue weighted by Crippen LogP contribution is 2.41. The van der Waals surface area contributed by atoms with Crippen LogP contribution in [0.2, 0.25) is 0 Å². The summed E-state index contributed by atoms with van der Waals surface area (Å²) in [6.07, 6.45) is 1.94. The smallest absolute Gasteiger partial charge is 0.295 e. The van der Waals surface area contributed by atoms with Crippen LogP contribution in [-0.4, -0.2) is 62.6 Å². The predicted molar refractivity (Wildman–Crippen MR) is 126 cm³/mol. The molecule has 1 unspecified atom stereocenters. The summed E-state index contributed by atoms with van der Waals surface area (Å²) >= 11 is 0. The number of phenols is 1. The Hall–Kier alpha value is -3.52. The van der Waals surface area contributed by atoms with Gasteiger partial charge in [-0.25, -0.2) is 0 Å². The molecule has 0 aromatic heterocycles. The normalized spacial score (nSPS) is 17.4. The van der Waals surface area contributed by atoms with Crippen LogP contribution in [0.4, 0.5) is 0 Å². The van der Waals surface area contributed by atoms with E-state index in [9.17, 15) is 19.8 Å². The van der Waals surface area contributed by atoms with E-state index in [0.29, 0.717) is 36.6 Å². The molecule has 34 heavy (non-hydrogen) atoms. The van der Waals surface area contributed by atoms with Crippen LogP contribution in [-0.2, 0) is 9.59 Å². The van der Waals surface area contributed by atoms with Crippen LogP contribution in [0, 0.1) is 0 Å². The van der Waals surface area contributed by atoms with Gasteiger partial charge < -0.3 is 29.5 Å². The Morgan fingerprint density at radius 3 is 2.47 bits per heavy atom. The van der Waals surface area contributed by atoms with E-state index in [-0.39, 0.29) is 17.1 Å². The average Bonchev–Trinajstić information content (AvgIpc) is 3.08. The number of nitrogens with one attached hydrogen (secondary N) is 1. The molecule has 1 aliphatic heterocycles. The van der Waals surface area contributed by atoms with Gasteiger partial charge in [0.1, 0.15) is 5.75 Å². The number of likely N-dealkylation sites (N-methyl/N-ethyl adjacent to an activating group) is 1.